The van der Waals surface area contributed by atoms with Crippen LogP contribution in [0.1, 0.15) is 53.6 Å². The zero-order chi connectivity index (χ0) is 16.9. The normalized spacial score (nSPS) is 15.1. The lowest BCUT2D eigenvalue weighted by molar-refractivity contribution is 0.0927. The van der Waals surface area contributed by atoms with E-state index in [4.69, 9.17) is 0 Å². The number of pyridine rings is 1. The van der Waals surface area contributed by atoms with Crippen LogP contribution >= 0.6 is 0 Å². The first-order valence-electron chi connectivity index (χ1n) is 8.71. The predicted octanol–water partition coefficient (Wildman–Crippen LogP) is 4.50. The van der Waals surface area contributed by atoms with Crippen LogP contribution in [-0.2, 0) is 0 Å². The highest BCUT2D eigenvalue weighted by Gasteiger charge is 2.17. The zero-order valence-corrected chi connectivity index (χ0v) is 14.4. The fourth-order valence-electron chi connectivity index (χ4n) is 3.36. The standard InChI is InChI=1S/C20H25N3O/c1-14-8-15(2)10-18(9-14)22-19-11-16(12-21-13-19)20(24)23-17-6-4-3-5-7-17/h8-13,17,22H,3-7H2,1-2H3,(H,23,24). The Labute approximate surface area is 143 Å². The first kappa shape index (κ1) is 16.5. The van der Waals surface area contributed by atoms with Crippen molar-refractivity contribution in [1.29, 1.82) is 0 Å². The molecule has 1 aromatic carbocycles. The van der Waals surface area contributed by atoms with Gasteiger partial charge in [-0.1, -0.05) is 25.3 Å². The van der Waals surface area contributed by atoms with Gasteiger partial charge in [0.25, 0.3) is 5.91 Å². The smallest absolute Gasteiger partial charge is 0.253 e. The number of aromatic nitrogens is 1. The van der Waals surface area contributed by atoms with E-state index in [0.29, 0.717) is 11.6 Å². The summed E-state index contributed by atoms with van der Waals surface area (Å²) in [7, 11) is 0. The number of aryl methyl sites for hydroxylation is 2. The Hall–Kier alpha value is -2.36. The molecule has 3 rings (SSSR count). The minimum absolute atomic E-state index is 0.0292. The molecule has 0 saturated heterocycles. The summed E-state index contributed by atoms with van der Waals surface area (Å²) in [6, 6.07) is 8.48. The maximum atomic E-state index is 12.4. The third kappa shape index (κ3) is 4.34. The molecular weight excluding hydrogens is 298 g/mol. The molecule has 2 N–H and O–H groups in total. The Morgan fingerprint density at radius 3 is 2.38 bits per heavy atom. The van der Waals surface area contributed by atoms with Gasteiger partial charge in [0, 0.05) is 17.9 Å². The van der Waals surface area contributed by atoms with Crippen molar-refractivity contribution >= 4 is 17.3 Å². The second-order valence-corrected chi connectivity index (χ2v) is 6.77. The Morgan fingerprint density at radius 2 is 1.67 bits per heavy atom. The van der Waals surface area contributed by atoms with Gasteiger partial charge in [0.05, 0.1) is 17.4 Å². The quantitative estimate of drug-likeness (QED) is 0.870. The van der Waals surface area contributed by atoms with E-state index in [0.717, 1.165) is 24.2 Å². The summed E-state index contributed by atoms with van der Waals surface area (Å²) in [5.41, 5.74) is 4.86. The highest BCUT2D eigenvalue weighted by Crippen LogP contribution is 2.21. The first-order chi connectivity index (χ1) is 11.6. The molecule has 1 amide bonds. The third-order valence-corrected chi connectivity index (χ3v) is 4.45. The molecule has 1 aliphatic rings. The largest absolute Gasteiger partial charge is 0.354 e. The van der Waals surface area contributed by atoms with Gasteiger partial charge >= 0.3 is 0 Å². The summed E-state index contributed by atoms with van der Waals surface area (Å²) in [6.45, 7) is 4.15. The molecule has 1 aromatic heterocycles. The van der Waals surface area contributed by atoms with Crippen molar-refractivity contribution in [3.63, 3.8) is 0 Å². The molecule has 0 unspecified atom stereocenters. The van der Waals surface area contributed by atoms with E-state index >= 15 is 0 Å². The van der Waals surface area contributed by atoms with Gasteiger partial charge in [-0.15, -0.1) is 0 Å². The Balaban J connectivity index is 1.70. The zero-order valence-electron chi connectivity index (χ0n) is 14.4. The van der Waals surface area contributed by atoms with Crippen molar-refractivity contribution in [2.75, 3.05) is 5.32 Å². The van der Waals surface area contributed by atoms with Crippen LogP contribution < -0.4 is 10.6 Å². The van der Waals surface area contributed by atoms with E-state index in [1.807, 2.05) is 6.07 Å². The van der Waals surface area contributed by atoms with Crippen LogP contribution in [0, 0.1) is 13.8 Å². The Bertz CT molecular complexity index is 700. The number of amides is 1. The molecule has 126 valence electrons. The number of hydrogen-bond acceptors (Lipinski definition) is 3. The van der Waals surface area contributed by atoms with Gasteiger partial charge < -0.3 is 10.6 Å². The SMILES string of the molecule is Cc1cc(C)cc(Nc2cncc(C(=O)NC3CCCCC3)c2)c1. The number of nitrogens with one attached hydrogen (secondary N) is 2. The second kappa shape index (κ2) is 7.47. The first-order valence-corrected chi connectivity index (χ1v) is 8.71. The Kier molecular flexibility index (Phi) is 5.14. The van der Waals surface area contributed by atoms with Crippen molar-refractivity contribution in [2.24, 2.45) is 0 Å². The molecule has 1 fully saturated rings. The van der Waals surface area contributed by atoms with E-state index in [1.165, 1.54) is 30.4 Å². The van der Waals surface area contributed by atoms with Crippen molar-refractivity contribution in [2.45, 2.75) is 52.0 Å². The lowest BCUT2D eigenvalue weighted by Crippen LogP contribution is -2.36. The predicted molar refractivity (Wildman–Crippen MR) is 97.8 cm³/mol. The molecule has 0 atom stereocenters. The van der Waals surface area contributed by atoms with Gasteiger partial charge in [-0.3, -0.25) is 9.78 Å². The van der Waals surface area contributed by atoms with Gasteiger partial charge in [0.1, 0.15) is 0 Å². The van der Waals surface area contributed by atoms with Crippen LogP contribution in [0.5, 0.6) is 0 Å². The van der Waals surface area contributed by atoms with E-state index in [1.54, 1.807) is 12.4 Å². The number of carbonyl (C=O) groups excluding carboxylic acids is 1. The Morgan fingerprint density at radius 1 is 0.958 bits per heavy atom. The fraction of sp³-hybridized carbons (Fsp3) is 0.400. The molecule has 0 aliphatic heterocycles. The monoisotopic (exact) mass is 323 g/mol. The lowest BCUT2D eigenvalue weighted by atomic mass is 9.95. The molecule has 24 heavy (non-hydrogen) atoms. The molecule has 4 heteroatoms. The summed E-state index contributed by atoms with van der Waals surface area (Å²) in [6.07, 6.45) is 9.23. The van der Waals surface area contributed by atoms with Gasteiger partial charge in [-0.2, -0.15) is 0 Å². The van der Waals surface area contributed by atoms with Crippen LogP contribution in [-0.4, -0.2) is 16.9 Å². The van der Waals surface area contributed by atoms with Crippen molar-refractivity contribution in [1.82, 2.24) is 10.3 Å². The van der Waals surface area contributed by atoms with Crippen molar-refractivity contribution < 1.29 is 4.79 Å². The number of rotatable bonds is 4. The molecule has 4 nitrogen and oxygen atoms in total. The summed E-state index contributed by atoms with van der Waals surface area (Å²) >= 11 is 0. The molecule has 1 heterocycles. The highest BCUT2D eigenvalue weighted by atomic mass is 16.1. The van der Waals surface area contributed by atoms with Crippen LogP contribution in [0.2, 0.25) is 0 Å². The lowest BCUT2D eigenvalue weighted by Gasteiger charge is -2.22. The molecule has 0 bridgehead atoms. The summed E-state index contributed by atoms with van der Waals surface area (Å²) in [4.78, 5) is 16.7. The summed E-state index contributed by atoms with van der Waals surface area (Å²) in [5, 5.41) is 6.48. The minimum atomic E-state index is -0.0292. The minimum Gasteiger partial charge on any atom is -0.354 e. The maximum absolute atomic E-state index is 12.4. The van der Waals surface area contributed by atoms with Crippen molar-refractivity contribution in [3.05, 3.63) is 53.3 Å². The highest BCUT2D eigenvalue weighted by molar-refractivity contribution is 5.95. The third-order valence-electron chi connectivity index (χ3n) is 4.45. The average Bonchev–Trinajstić information content (AvgIpc) is 2.55. The fourth-order valence-corrected chi connectivity index (χ4v) is 3.36. The summed E-state index contributed by atoms with van der Waals surface area (Å²) in [5.74, 6) is -0.0292. The van der Waals surface area contributed by atoms with E-state index in [9.17, 15) is 4.79 Å². The molecule has 0 radical (unpaired) electrons. The molecular formula is C20H25N3O. The van der Waals surface area contributed by atoms with Crippen LogP contribution in [0.25, 0.3) is 0 Å². The number of benzene rings is 1. The van der Waals surface area contributed by atoms with Crippen LogP contribution in [0.15, 0.2) is 36.7 Å². The van der Waals surface area contributed by atoms with E-state index in [2.05, 4.69) is 47.7 Å². The maximum Gasteiger partial charge on any atom is 0.253 e. The number of nitrogens with zero attached hydrogens (tertiary/aromatic N) is 1. The van der Waals surface area contributed by atoms with E-state index < -0.39 is 0 Å². The molecule has 0 spiro atoms. The van der Waals surface area contributed by atoms with Gasteiger partial charge in [0.15, 0.2) is 0 Å². The second-order valence-electron chi connectivity index (χ2n) is 6.77. The van der Waals surface area contributed by atoms with Crippen LogP contribution in [0.3, 0.4) is 0 Å². The van der Waals surface area contributed by atoms with E-state index in [-0.39, 0.29) is 5.91 Å². The number of anilines is 2. The molecule has 1 aliphatic carbocycles. The topological polar surface area (TPSA) is 54.0 Å². The van der Waals surface area contributed by atoms with Crippen molar-refractivity contribution in [3.8, 4) is 0 Å². The average molecular weight is 323 g/mol. The van der Waals surface area contributed by atoms with Gasteiger partial charge in [0.2, 0.25) is 0 Å². The number of carbonyl (C=O) groups is 1. The van der Waals surface area contributed by atoms with Crippen LogP contribution in [0.4, 0.5) is 11.4 Å². The van der Waals surface area contributed by atoms with Gasteiger partial charge in [-0.05, 0) is 56.0 Å². The molecule has 1 saturated carbocycles. The summed E-state index contributed by atoms with van der Waals surface area (Å²) < 4.78 is 0. The molecule has 2 aromatic rings. The number of hydrogen-bond donors (Lipinski definition) is 2. The van der Waals surface area contributed by atoms with Gasteiger partial charge in [-0.25, -0.2) is 0 Å².